The number of halogens is 1. The Bertz CT molecular complexity index is 660. The fourth-order valence-electron chi connectivity index (χ4n) is 2.70. The van der Waals surface area contributed by atoms with Crippen LogP contribution < -0.4 is 5.06 Å². The van der Waals surface area contributed by atoms with Crippen LogP contribution in [0.3, 0.4) is 0 Å². The SMILES string of the molecule is CCOC(=O)C1CC(c2ccc(Cl)cc2)N(c2ccccc2)O1. The minimum Gasteiger partial charge on any atom is -0.464 e. The molecule has 2 aromatic rings. The number of benzene rings is 2. The molecule has 2 atom stereocenters. The van der Waals surface area contributed by atoms with Crippen molar-refractivity contribution in [2.45, 2.75) is 25.5 Å². The largest absolute Gasteiger partial charge is 0.464 e. The number of carbonyl (C=O) groups is 1. The number of carbonyl (C=O) groups excluding carboxylic acids is 1. The normalized spacial score (nSPS) is 20.5. The zero-order valence-electron chi connectivity index (χ0n) is 12.8. The van der Waals surface area contributed by atoms with E-state index in [-0.39, 0.29) is 12.0 Å². The van der Waals surface area contributed by atoms with Crippen LogP contribution in [-0.2, 0) is 14.4 Å². The Morgan fingerprint density at radius 2 is 1.91 bits per heavy atom. The highest BCUT2D eigenvalue weighted by Crippen LogP contribution is 2.38. The Labute approximate surface area is 140 Å². The molecule has 5 heteroatoms. The number of anilines is 1. The van der Waals surface area contributed by atoms with Crippen LogP contribution in [-0.4, -0.2) is 18.7 Å². The Morgan fingerprint density at radius 1 is 1.22 bits per heavy atom. The molecule has 2 unspecified atom stereocenters. The Morgan fingerprint density at radius 3 is 2.57 bits per heavy atom. The van der Waals surface area contributed by atoms with Crippen LogP contribution in [0.4, 0.5) is 5.69 Å². The molecule has 1 aliphatic heterocycles. The quantitative estimate of drug-likeness (QED) is 0.789. The number of hydrogen-bond acceptors (Lipinski definition) is 4. The third-order valence-corrected chi connectivity index (χ3v) is 4.03. The van der Waals surface area contributed by atoms with Crippen molar-refractivity contribution >= 4 is 23.3 Å². The standard InChI is InChI=1S/C18H18ClNO3/c1-2-22-18(21)17-12-16(13-8-10-14(19)11-9-13)20(23-17)15-6-4-3-5-7-15/h3-11,16-17H,2,12H2,1H3. The van der Waals surface area contributed by atoms with Gasteiger partial charge in [-0.25, -0.2) is 9.86 Å². The van der Waals surface area contributed by atoms with Crippen molar-refractivity contribution in [3.05, 3.63) is 65.2 Å². The first-order chi connectivity index (χ1) is 11.2. The highest BCUT2D eigenvalue weighted by atomic mass is 35.5. The number of rotatable bonds is 4. The number of hydrogen-bond donors (Lipinski definition) is 0. The average molecular weight is 332 g/mol. The molecule has 0 spiro atoms. The van der Waals surface area contributed by atoms with E-state index in [0.717, 1.165) is 11.3 Å². The molecule has 0 N–H and O–H groups in total. The summed E-state index contributed by atoms with van der Waals surface area (Å²) in [4.78, 5) is 17.9. The molecule has 120 valence electrons. The zero-order valence-corrected chi connectivity index (χ0v) is 13.6. The van der Waals surface area contributed by atoms with Gasteiger partial charge in [0.25, 0.3) is 0 Å². The van der Waals surface area contributed by atoms with E-state index in [1.54, 1.807) is 12.0 Å². The first-order valence-electron chi connectivity index (χ1n) is 7.62. The van der Waals surface area contributed by atoms with Gasteiger partial charge in [0, 0.05) is 11.4 Å². The van der Waals surface area contributed by atoms with E-state index in [2.05, 4.69) is 0 Å². The lowest BCUT2D eigenvalue weighted by atomic mass is 10.0. The first kappa shape index (κ1) is 15.8. The number of esters is 1. The van der Waals surface area contributed by atoms with E-state index < -0.39 is 6.10 Å². The van der Waals surface area contributed by atoms with Crippen LogP contribution in [0.1, 0.15) is 24.9 Å². The van der Waals surface area contributed by atoms with Gasteiger partial charge in [-0.2, -0.15) is 0 Å². The molecule has 2 aromatic carbocycles. The molecule has 0 aromatic heterocycles. The van der Waals surface area contributed by atoms with Crippen LogP contribution >= 0.6 is 11.6 Å². The van der Waals surface area contributed by atoms with Crippen molar-refractivity contribution in [1.29, 1.82) is 0 Å². The lowest BCUT2D eigenvalue weighted by Gasteiger charge is -2.25. The van der Waals surface area contributed by atoms with Crippen molar-refractivity contribution in [1.82, 2.24) is 0 Å². The molecule has 1 saturated heterocycles. The number of nitrogens with zero attached hydrogens (tertiary/aromatic N) is 1. The molecule has 1 aliphatic rings. The number of ether oxygens (including phenoxy) is 1. The summed E-state index contributed by atoms with van der Waals surface area (Å²) in [5.41, 5.74) is 1.95. The van der Waals surface area contributed by atoms with E-state index in [4.69, 9.17) is 21.2 Å². The Hall–Kier alpha value is -2.04. The van der Waals surface area contributed by atoms with E-state index in [1.807, 2.05) is 54.6 Å². The van der Waals surface area contributed by atoms with Crippen LogP contribution in [0.25, 0.3) is 0 Å². The predicted octanol–water partition coefficient (Wildman–Crippen LogP) is 4.15. The van der Waals surface area contributed by atoms with Crippen molar-refractivity contribution in [2.75, 3.05) is 11.7 Å². The van der Waals surface area contributed by atoms with E-state index >= 15 is 0 Å². The maximum Gasteiger partial charge on any atom is 0.338 e. The third-order valence-electron chi connectivity index (χ3n) is 3.78. The molecule has 0 radical (unpaired) electrons. The minimum atomic E-state index is -0.601. The van der Waals surface area contributed by atoms with Crippen LogP contribution in [0, 0.1) is 0 Å². The summed E-state index contributed by atoms with van der Waals surface area (Å²) >= 11 is 5.97. The highest BCUT2D eigenvalue weighted by Gasteiger charge is 2.39. The predicted molar refractivity (Wildman–Crippen MR) is 89.2 cm³/mol. The molecule has 0 saturated carbocycles. The van der Waals surface area contributed by atoms with Crippen LogP contribution in [0.2, 0.25) is 5.02 Å². The molecule has 3 rings (SSSR count). The summed E-state index contributed by atoms with van der Waals surface area (Å²) in [6.45, 7) is 2.13. The first-order valence-corrected chi connectivity index (χ1v) is 8.00. The van der Waals surface area contributed by atoms with Gasteiger partial charge in [-0.1, -0.05) is 41.9 Å². The van der Waals surface area contributed by atoms with Gasteiger partial charge in [0.2, 0.25) is 0 Å². The molecule has 4 nitrogen and oxygen atoms in total. The van der Waals surface area contributed by atoms with Crippen molar-refractivity contribution < 1.29 is 14.4 Å². The maximum absolute atomic E-state index is 12.1. The fraction of sp³-hybridized carbons (Fsp3) is 0.278. The summed E-state index contributed by atoms with van der Waals surface area (Å²) in [5.74, 6) is -0.329. The van der Waals surface area contributed by atoms with Crippen molar-refractivity contribution in [3.8, 4) is 0 Å². The molecule has 0 amide bonds. The molecular weight excluding hydrogens is 314 g/mol. The topological polar surface area (TPSA) is 38.8 Å². The summed E-state index contributed by atoms with van der Waals surface area (Å²) in [7, 11) is 0. The molecule has 1 heterocycles. The summed E-state index contributed by atoms with van der Waals surface area (Å²) in [6, 6.07) is 17.3. The van der Waals surface area contributed by atoms with Crippen molar-refractivity contribution in [2.24, 2.45) is 0 Å². The molecule has 23 heavy (non-hydrogen) atoms. The summed E-state index contributed by atoms with van der Waals surface area (Å²) in [6.07, 6.45) is -0.0640. The smallest absolute Gasteiger partial charge is 0.338 e. The van der Waals surface area contributed by atoms with Gasteiger partial charge in [-0.3, -0.25) is 4.84 Å². The van der Waals surface area contributed by atoms with Crippen LogP contribution in [0.5, 0.6) is 0 Å². The zero-order chi connectivity index (χ0) is 16.2. The van der Waals surface area contributed by atoms with Gasteiger partial charge in [-0.15, -0.1) is 0 Å². The molecular formula is C18H18ClNO3. The van der Waals surface area contributed by atoms with Gasteiger partial charge < -0.3 is 4.74 Å². The summed E-state index contributed by atoms with van der Waals surface area (Å²) in [5, 5.41) is 2.46. The van der Waals surface area contributed by atoms with E-state index in [9.17, 15) is 4.79 Å². The molecule has 0 aliphatic carbocycles. The Balaban J connectivity index is 1.90. The van der Waals surface area contributed by atoms with E-state index in [0.29, 0.717) is 18.1 Å². The van der Waals surface area contributed by atoms with Gasteiger partial charge in [-0.05, 0) is 36.8 Å². The second kappa shape index (κ2) is 7.02. The minimum absolute atomic E-state index is 0.0657. The average Bonchev–Trinajstić information content (AvgIpc) is 3.02. The monoisotopic (exact) mass is 331 g/mol. The van der Waals surface area contributed by atoms with Gasteiger partial charge >= 0.3 is 5.97 Å². The van der Waals surface area contributed by atoms with E-state index in [1.165, 1.54) is 0 Å². The Kier molecular flexibility index (Phi) is 4.84. The second-order valence-corrected chi connectivity index (χ2v) is 5.75. The van der Waals surface area contributed by atoms with Gasteiger partial charge in [0.1, 0.15) is 0 Å². The third kappa shape index (κ3) is 3.49. The fourth-order valence-corrected chi connectivity index (χ4v) is 2.82. The maximum atomic E-state index is 12.1. The van der Waals surface area contributed by atoms with Crippen molar-refractivity contribution in [3.63, 3.8) is 0 Å². The lowest BCUT2D eigenvalue weighted by Crippen LogP contribution is -2.26. The lowest BCUT2D eigenvalue weighted by molar-refractivity contribution is -0.154. The number of hydroxylamine groups is 1. The second-order valence-electron chi connectivity index (χ2n) is 5.31. The van der Waals surface area contributed by atoms with Gasteiger partial charge in [0.05, 0.1) is 18.3 Å². The van der Waals surface area contributed by atoms with Gasteiger partial charge in [0.15, 0.2) is 6.10 Å². The highest BCUT2D eigenvalue weighted by molar-refractivity contribution is 6.30. The molecule has 0 bridgehead atoms. The molecule has 1 fully saturated rings. The number of para-hydroxylation sites is 1. The van der Waals surface area contributed by atoms with Crippen LogP contribution in [0.15, 0.2) is 54.6 Å². The summed E-state index contributed by atoms with van der Waals surface area (Å²) < 4.78 is 5.10.